The summed E-state index contributed by atoms with van der Waals surface area (Å²) in [5, 5.41) is 2.99. The highest BCUT2D eigenvalue weighted by molar-refractivity contribution is 5.90. The Labute approximate surface area is 220 Å². The van der Waals surface area contributed by atoms with Gasteiger partial charge in [-0.2, -0.15) is 0 Å². The van der Waals surface area contributed by atoms with Crippen LogP contribution in [0.1, 0.15) is 77.2 Å². The molecule has 9 nitrogen and oxygen atoms in total. The first-order chi connectivity index (χ1) is 17.9. The largest absolute Gasteiger partial charge is 0.350 e. The molecule has 0 radical (unpaired) electrons. The molecule has 2 aliphatic rings. The molecule has 1 aromatic heterocycles. The van der Waals surface area contributed by atoms with Crippen LogP contribution in [0.3, 0.4) is 0 Å². The first-order valence-electron chi connectivity index (χ1n) is 13.6. The molecule has 0 spiro atoms. The van der Waals surface area contributed by atoms with Crippen LogP contribution in [0, 0.1) is 11.8 Å². The van der Waals surface area contributed by atoms with Crippen molar-refractivity contribution in [2.75, 3.05) is 13.2 Å². The van der Waals surface area contributed by atoms with Crippen LogP contribution >= 0.6 is 0 Å². The van der Waals surface area contributed by atoms with E-state index in [9.17, 15) is 14.4 Å². The zero-order chi connectivity index (χ0) is 26.5. The van der Waals surface area contributed by atoms with Gasteiger partial charge < -0.3 is 15.0 Å². The topological polar surface area (TPSA) is 110 Å². The molecule has 3 heterocycles. The fraction of sp³-hybridized carbons (Fsp3) is 0.643. The second-order valence-corrected chi connectivity index (χ2v) is 10.2. The maximum absolute atomic E-state index is 13.7. The lowest BCUT2D eigenvalue weighted by Crippen LogP contribution is -2.52. The van der Waals surface area contributed by atoms with Crippen LogP contribution in [-0.2, 0) is 30.5 Å². The fourth-order valence-electron chi connectivity index (χ4n) is 4.61. The Morgan fingerprint density at radius 2 is 2.00 bits per heavy atom. The molecule has 1 fully saturated rings. The number of aromatic nitrogens is 1. The maximum atomic E-state index is 13.7. The molecule has 2 aliphatic heterocycles. The molecule has 37 heavy (non-hydrogen) atoms. The van der Waals surface area contributed by atoms with Crippen LogP contribution in [0.4, 0.5) is 0 Å². The third-order valence-corrected chi connectivity index (χ3v) is 6.77. The Kier molecular flexibility index (Phi) is 12.0. The van der Waals surface area contributed by atoms with Gasteiger partial charge >= 0.3 is 0 Å². The Balaban J connectivity index is 1.70. The van der Waals surface area contributed by atoms with Gasteiger partial charge in [-0.05, 0) is 62.5 Å². The van der Waals surface area contributed by atoms with Crippen molar-refractivity contribution in [3.05, 3.63) is 42.2 Å². The SMILES string of the molecule is CC(C)C1NC(=O)C(CC(=O)NO[C@H]2CCCCO2)CCCC=CCCCN(Cc2cccnc2)C1=O. The number of hydroxylamine groups is 1. The minimum Gasteiger partial charge on any atom is -0.350 e. The van der Waals surface area contributed by atoms with Crippen LogP contribution in [0.5, 0.6) is 0 Å². The van der Waals surface area contributed by atoms with E-state index in [-0.39, 0.29) is 30.1 Å². The molecule has 3 amide bonds. The number of rotatable bonds is 7. The maximum Gasteiger partial charge on any atom is 0.245 e. The summed E-state index contributed by atoms with van der Waals surface area (Å²) in [5.74, 6) is -1.43. The standard InChI is InChI=1S/C28H42N4O5/c1-21(2)26-28(35)32(20-22-12-11-15-29-19-22)16-9-6-4-3-5-7-13-23(27(34)30-26)18-24(33)31-37-25-14-8-10-17-36-25/h3-4,11-12,15,19,21,23,25-26H,5-10,13-14,16-18,20H2,1-2H3,(H,30,34)(H,31,33)/t23?,25-,26?/m0/s1. The van der Waals surface area contributed by atoms with Crippen molar-refractivity contribution >= 4 is 17.7 Å². The number of hydrogen-bond acceptors (Lipinski definition) is 6. The molecule has 0 aliphatic carbocycles. The number of pyridine rings is 1. The highest BCUT2D eigenvalue weighted by Crippen LogP contribution is 2.19. The van der Waals surface area contributed by atoms with Gasteiger partial charge in [-0.1, -0.05) is 32.1 Å². The number of hydrogen-bond donors (Lipinski definition) is 2. The van der Waals surface area contributed by atoms with Crippen molar-refractivity contribution in [3.8, 4) is 0 Å². The van der Waals surface area contributed by atoms with Gasteiger partial charge in [0, 0.05) is 50.8 Å². The molecule has 9 heteroatoms. The van der Waals surface area contributed by atoms with Crippen molar-refractivity contribution in [1.82, 2.24) is 20.7 Å². The third kappa shape index (κ3) is 9.89. The second-order valence-electron chi connectivity index (χ2n) is 10.2. The van der Waals surface area contributed by atoms with Crippen LogP contribution in [0.15, 0.2) is 36.7 Å². The molecular formula is C28H42N4O5. The molecule has 2 N–H and O–H groups in total. The lowest BCUT2D eigenvalue weighted by Gasteiger charge is -2.31. The predicted octanol–water partition coefficient (Wildman–Crippen LogP) is 3.65. The number of allylic oxidation sites excluding steroid dienone is 2. The number of nitrogens with one attached hydrogen (secondary N) is 2. The van der Waals surface area contributed by atoms with E-state index >= 15 is 0 Å². The highest BCUT2D eigenvalue weighted by atomic mass is 16.8. The summed E-state index contributed by atoms with van der Waals surface area (Å²) in [6.07, 6.45) is 13.8. The van der Waals surface area contributed by atoms with Crippen molar-refractivity contribution in [2.24, 2.45) is 11.8 Å². The first-order valence-corrected chi connectivity index (χ1v) is 13.6. The van der Waals surface area contributed by atoms with Crippen LogP contribution in [-0.4, -0.2) is 53.1 Å². The van der Waals surface area contributed by atoms with Crippen molar-refractivity contribution < 1.29 is 24.0 Å². The van der Waals surface area contributed by atoms with E-state index in [1.165, 1.54) is 0 Å². The predicted molar refractivity (Wildman–Crippen MR) is 140 cm³/mol. The Morgan fingerprint density at radius 3 is 2.70 bits per heavy atom. The van der Waals surface area contributed by atoms with E-state index in [4.69, 9.17) is 9.57 Å². The normalized spacial score (nSPS) is 24.4. The van der Waals surface area contributed by atoms with Gasteiger partial charge in [0.05, 0.1) is 0 Å². The monoisotopic (exact) mass is 514 g/mol. The van der Waals surface area contributed by atoms with E-state index in [1.807, 2.05) is 26.0 Å². The van der Waals surface area contributed by atoms with Gasteiger partial charge in [0.25, 0.3) is 0 Å². The summed E-state index contributed by atoms with van der Waals surface area (Å²) >= 11 is 0. The zero-order valence-corrected chi connectivity index (χ0v) is 22.2. The van der Waals surface area contributed by atoms with Gasteiger partial charge in [-0.3, -0.25) is 19.4 Å². The van der Waals surface area contributed by atoms with Crippen molar-refractivity contribution in [2.45, 2.75) is 90.5 Å². The van der Waals surface area contributed by atoms with Crippen LogP contribution < -0.4 is 10.8 Å². The number of nitrogens with zero attached hydrogens (tertiary/aromatic N) is 2. The first kappa shape index (κ1) is 28.8. The highest BCUT2D eigenvalue weighted by Gasteiger charge is 2.32. The molecule has 3 rings (SSSR count). The van der Waals surface area contributed by atoms with Crippen molar-refractivity contribution in [3.63, 3.8) is 0 Å². The van der Waals surface area contributed by atoms with E-state index in [2.05, 4.69) is 27.9 Å². The Morgan fingerprint density at radius 1 is 1.19 bits per heavy atom. The van der Waals surface area contributed by atoms with Crippen molar-refractivity contribution in [1.29, 1.82) is 0 Å². The molecule has 2 unspecified atom stereocenters. The lowest BCUT2D eigenvalue weighted by atomic mass is 9.94. The van der Waals surface area contributed by atoms with Gasteiger partial charge in [0.2, 0.25) is 17.7 Å². The second kappa shape index (κ2) is 15.5. The average molecular weight is 515 g/mol. The summed E-state index contributed by atoms with van der Waals surface area (Å²) in [6.45, 7) is 5.49. The average Bonchev–Trinajstić information content (AvgIpc) is 2.90. The third-order valence-electron chi connectivity index (χ3n) is 6.77. The zero-order valence-electron chi connectivity index (χ0n) is 22.2. The van der Waals surface area contributed by atoms with E-state index in [1.54, 1.807) is 17.3 Å². The van der Waals surface area contributed by atoms with Crippen LogP contribution in [0.2, 0.25) is 0 Å². The summed E-state index contributed by atoms with van der Waals surface area (Å²) in [6, 6.07) is 3.12. The molecule has 1 aromatic rings. The number of amides is 3. The summed E-state index contributed by atoms with van der Waals surface area (Å²) in [4.78, 5) is 51.1. The number of carbonyl (C=O) groups is 3. The molecule has 3 atom stereocenters. The number of carbonyl (C=O) groups excluding carboxylic acids is 3. The molecule has 0 bridgehead atoms. The Bertz CT molecular complexity index is 886. The van der Waals surface area contributed by atoms with Gasteiger partial charge in [0.1, 0.15) is 6.04 Å². The quantitative estimate of drug-likeness (QED) is 0.425. The Hall–Kier alpha value is -2.78. The van der Waals surface area contributed by atoms with E-state index in [0.717, 1.165) is 50.5 Å². The fourth-order valence-corrected chi connectivity index (χ4v) is 4.61. The molecule has 204 valence electrons. The molecular weight excluding hydrogens is 472 g/mol. The van der Waals surface area contributed by atoms with E-state index < -0.39 is 18.2 Å². The van der Waals surface area contributed by atoms with Crippen LogP contribution in [0.25, 0.3) is 0 Å². The van der Waals surface area contributed by atoms with Gasteiger partial charge in [-0.15, -0.1) is 0 Å². The molecule has 1 saturated heterocycles. The van der Waals surface area contributed by atoms with Gasteiger partial charge in [0.15, 0.2) is 6.29 Å². The summed E-state index contributed by atoms with van der Waals surface area (Å²) < 4.78 is 5.49. The van der Waals surface area contributed by atoms with E-state index in [0.29, 0.717) is 26.1 Å². The molecule has 0 saturated carbocycles. The smallest absolute Gasteiger partial charge is 0.245 e. The minimum atomic E-state index is -0.680. The summed E-state index contributed by atoms with van der Waals surface area (Å²) in [5.41, 5.74) is 3.41. The molecule has 0 aromatic carbocycles. The minimum absolute atomic E-state index is 0.0132. The summed E-state index contributed by atoms with van der Waals surface area (Å²) in [7, 11) is 0. The van der Waals surface area contributed by atoms with Gasteiger partial charge in [-0.25, -0.2) is 10.3 Å². The lowest BCUT2D eigenvalue weighted by molar-refractivity contribution is -0.200. The number of ether oxygens (including phenoxy) is 1.